The second-order valence-corrected chi connectivity index (χ2v) is 4.30. The number of rotatable bonds is 3. The van der Waals surface area contributed by atoms with E-state index in [-0.39, 0.29) is 11.7 Å². The molecule has 1 aromatic rings. The summed E-state index contributed by atoms with van der Waals surface area (Å²) in [6.45, 7) is 0.517. The average Bonchev–Trinajstić information content (AvgIpc) is 2.70. The van der Waals surface area contributed by atoms with E-state index in [2.05, 4.69) is 5.32 Å². The highest BCUT2D eigenvalue weighted by Crippen LogP contribution is 2.21. The van der Waals surface area contributed by atoms with Crippen LogP contribution in [0.15, 0.2) is 24.3 Å². The molecule has 0 spiro atoms. The molecule has 1 heterocycles. The Bertz CT molecular complexity index is 525. The lowest BCUT2D eigenvalue weighted by Crippen LogP contribution is -2.43. The number of anilines is 1. The summed E-state index contributed by atoms with van der Waals surface area (Å²) in [5, 5.41) is 9.71. The Morgan fingerprint density at radius 1 is 1.32 bits per heavy atom. The maximum atomic E-state index is 12.0. The van der Waals surface area contributed by atoms with Gasteiger partial charge in [-0.3, -0.25) is 10.2 Å². The number of nitrogens with two attached hydrogens (primary N) is 2. The van der Waals surface area contributed by atoms with Crippen LogP contribution in [-0.2, 0) is 4.79 Å². The molecular formula is C12H15N5O2. The molecule has 0 unspecified atom stereocenters. The van der Waals surface area contributed by atoms with E-state index in [1.165, 1.54) is 0 Å². The van der Waals surface area contributed by atoms with Crippen molar-refractivity contribution in [2.24, 2.45) is 11.5 Å². The van der Waals surface area contributed by atoms with E-state index in [1.54, 1.807) is 29.2 Å². The molecule has 2 rings (SSSR count). The first-order chi connectivity index (χ1) is 8.99. The van der Waals surface area contributed by atoms with E-state index in [1.807, 2.05) is 0 Å². The fourth-order valence-electron chi connectivity index (χ4n) is 2.06. The summed E-state index contributed by atoms with van der Waals surface area (Å²) in [6, 6.07) is 5.54. The van der Waals surface area contributed by atoms with Gasteiger partial charge in [-0.15, -0.1) is 0 Å². The predicted octanol–water partition coefficient (Wildman–Crippen LogP) is -0.256. The largest absolute Gasteiger partial charge is 0.384 e. The minimum absolute atomic E-state index is 0.0208. The number of nitrogens with one attached hydrogen (secondary N) is 2. The van der Waals surface area contributed by atoms with Crippen molar-refractivity contribution in [3.8, 4) is 0 Å². The third-order valence-corrected chi connectivity index (χ3v) is 3.01. The van der Waals surface area contributed by atoms with Crippen molar-refractivity contribution in [1.29, 1.82) is 5.41 Å². The van der Waals surface area contributed by atoms with Crippen LogP contribution in [0, 0.1) is 5.41 Å². The normalized spacial score (nSPS) is 18.4. The molecule has 1 saturated heterocycles. The summed E-state index contributed by atoms with van der Waals surface area (Å²) in [5.41, 5.74) is 11.7. The van der Waals surface area contributed by atoms with Gasteiger partial charge >= 0.3 is 6.03 Å². The van der Waals surface area contributed by atoms with Crippen LogP contribution in [0.2, 0.25) is 0 Å². The first-order valence-corrected chi connectivity index (χ1v) is 5.81. The Balaban J connectivity index is 2.13. The molecule has 0 aromatic heterocycles. The lowest BCUT2D eigenvalue weighted by Gasteiger charge is -2.17. The number of amides is 3. The van der Waals surface area contributed by atoms with Crippen LogP contribution in [0.1, 0.15) is 12.0 Å². The molecule has 7 nitrogen and oxygen atoms in total. The number of hydrogen-bond donors (Lipinski definition) is 4. The van der Waals surface area contributed by atoms with Gasteiger partial charge in [0.25, 0.3) is 0 Å². The first kappa shape index (κ1) is 12.9. The van der Waals surface area contributed by atoms with Crippen LogP contribution in [0.3, 0.4) is 0 Å². The summed E-state index contributed by atoms with van der Waals surface area (Å²) in [4.78, 5) is 24.4. The maximum absolute atomic E-state index is 12.0. The van der Waals surface area contributed by atoms with Gasteiger partial charge < -0.3 is 21.7 Å². The van der Waals surface area contributed by atoms with Crippen molar-refractivity contribution < 1.29 is 9.59 Å². The van der Waals surface area contributed by atoms with Gasteiger partial charge in [0.1, 0.15) is 11.9 Å². The summed E-state index contributed by atoms with van der Waals surface area (Å²) >= 11 is 0. The summed E-state index contributed by atoms with van der Waals surface area (Å²) in [7, 11) is 0. The minimum Gasteiger partial charge on any atom is -0.384 e. The molecule has 0 aliphatic carbocycles. The molecule has 0 bridgehead atoms. The topological polar surface area (TPSA) is 125 Å². The van der Waals surface area contributed by atoms with Gasteiger partial charge in [0.05, 0.1) is 0 Å². The molecule has 100 valence electrons. The molecule has 6 N–H and O–H groups in total. The quantitative estimate of drug-likeness (QED) is 0.442. The second kappa shape index (κ2) is 4.97. The summed E-state index contributed by atoms with van der Waals surface area (Å²) in [5.74, 6) is -0.207. The van der Waals surface area contributed by atoms with E-state index in [9.17, 15) is 9.59 Å². The van der Waals surface area contributed by atoms with Crippen molar-refractivity contribution in [2.75, 3.05) is 11.4 Å². The highest BCUT2D eigenvalue weighted by Gasteiger charge is 2.33. The minimum atomic E-state index is -0.702. The second-order valence-electron chi connectivity index (χ2n) is 4.30. The first-order valence-electron chi connectivity index (χ1n) is 5.81. The van der Waals surface area contributed by atoms with E-state index < -0.39 is 12.1 Å². The number of nitrogen functional groups attached to an aromatic ring is 1. The predicted molar refractivity (Wildman–Crippen MR) is 70.9 cm³/mol. The molecule has 1 aromatic carbocycles. The van der Waals surface area contributed by atoms with Gasteiger partial charge in [0.2, 0.25) is 5.91 Å². The van der Waals surface area contributed by atoms with Crippen LogP contribution in [-0.4, -0.2) is 30.4 Å². The van der Waals surface area contributed by atoms with E-state index in [4.69, 9.17) is 16.9 Å². The van der Waals surface area contributed by atoms with Gasteiger partial charge in [-0.1, -0.05) is 0 Å². The van der Waals surface area contributed by atoms with Gasteiger partial charge in [0.15, 0.2) is 0 Å². The van der Waals surface area contributed by atoms with Crippen LogP contribution in [0.5, 0.6) is 0 Å². The number of carbonyl (C=O) groups is 2. The van der Waals surface area contributed by atoms with Crippen LogP contribution in [0.25, 0.3) is 0 Å². The molecule has 19 heavy (non-hydrogen) atoms. The molecule has 0 radical (unpaired) electrons. The number of benzene rings is 1. The van der Waals surface area contributed by atoms with Crippen molar-refractivity contribution >= 4 is 23.5 Å². The number of nitrogens with zero attached hydrogens (tertiary/aromatic N) is 1. The zero-order valence-electron chi connectivity index (χ0n) is 10.2. The molecule has 0 saturated carbocycles. The standard InChI is InChI=1S/C12H15N5O2/c13-10(14)7-1-3-8(4-2-7)17-6-5-9(11(17)18)16-12(15)19/h1-4,9H,5-6H2,(H3,13,14)(H3,15,16,19)/t9-/m1/s1. The molecule has 1 atom stereocenters. The molecular weight excluding hydrogens is 246 g/mol. The number of urea groups is 1. The van der Waals surface area contributed by atoms with Gasteiger partial charge in [0, 0.05) is 17.8 Å². The van der Waals surface area contributed by atoms with Crippen molar-refractivity contribution in [3.05, 3.63) is 29.8 Å². The zero-order chi connectivity index (χ0) is 14.0. The third-order valence-electron chi connectivity index (χ3n) is 3.01. The zero-order valence-corrected chi connectivity index (χ0v) is 10.2. The molecule has 1 fully saturated rings. The Morgan fingerprint density at radius 3 is 2.47 bits per heavy atom. The number of primary amides is 1. The van der Waals surface area contributed by atoms with Crippen molar-refractivity contribution in [2.45, 2.75) is 12.5 Å². The Hall–Kier alpha value is -2.57. The molecule has 1 aliphatic heterocycles. The average molecular weight is 261 g/mol. The Kier molecular flexibility index (Phi) is 3.37. The SMILES string of the molecule is N=C(N)c1ccc(N2CC[C@@H](NC(N)=O)C2=O)cc1. The number of hydrogen-bond acceptors (Lipinski definition) is 3. The number of amidine groups is 1. The Labute approximate surface area is 110 Å². The lowest BCUT2D eigenvalue weighted by molar-refractivity contribution is -0.118. The van der Waals surface area contributed by atoms with E-state index >= 15 is 0 Å². The van der Waals surface area contributed by atoms with Crippen LogP contribution >= 0.6 is 0 Å². The summed E-state index contributed by atoms with van der Waals surface area (Å²) < 4.78 is 0. The highest BCUT2D eigenvalue weighted by molar-refractivity contribution is 6.01. The molecule has 3 amide bonds. The maximum Gasteiger partial charge on any atom is 0.312 e. The molecule has 7 heteroatoms. The fraction of sp³-hybridized carbons (Fsp3) is 0.250. The van der Waals surface area contributed by atoms with Gasteiger partial charge in [-0.25, -0.2) is 4.79 Å². The number of carbonyl (C=O) groups excluding carboxylic acids is 2. The van der Waals surface area contributed by atoms with E-state index in [0.29, 0.717) is 24.2 Å². The highest BCUT2D eigenvalue weighted by atomic mass is 16.2. The fourth-order valence-corrected chi connectivity index (χ4v) is 2.06. The molecule has 1 aliphatic rings. The Morgan fingerprint density at radius 2 is 1.95 bits per heavy atom. The third kappa shape index (κ3) is 2.65. The van der Waals surface area contributed by atoms with Gasteiger partial charge in [-0.05, 0) is 30.7 Å². The van der Waals surface area contributed by atoms with Gasteiger partial charge in [-0.2, -0.15) is 0 Å². The smallest absolute Gasteiger partial charge is 0.312 e. The lowest BCUT2D eigenvalue weighted by atomic mass is 10.2. The van der Waals surface area contributed by atoms with Crippen molar-refractivity contribution in [1.82, 2.24) is 5.32 Å². The van der Waals surface area contributed by atoms with Crippen LogP contribution in [0.4, 0.5) is 10.5 Å². The van der Waals surface area contributed by atoms with Crippen LogP contribution < -0.4 is 21.7 Å². The summed E-state index contributed by atoms with van der Waals surface area (Å²) in [6.07, 6.45) is 0.524. The monoisotopic (exact) mass is 261 g/mol. The van der Waals surface area contributed by atoms with Crippen molar-refractivity contribution in [3.63, 3.8) is 0 Å². The van der Waals surface area contributed by atoms with E-state index in [0.717, 1.165) is 0 Å².